The number of anilines is 1. The molecule has 0 aliphatic carbocycles. The number of hydrogen-bond acceptors (Lipinski definition) is 3. The number of benzene rings is 2. The van der Waals surface area contributed by atoms with Gasteiger partial charge in [0.05, 0.1) is 7.11 Å². The number of nitrogens with zero attached hydrogens (tertiary/aromatic N) is 2. The van der Waals surface area contributed by atoms with E-state index in [1.165, 1.54) is 5.56 Å². The van der Waals surface area contributed by atoms with E-state index in [9.17, 15) is 4.79 Å². The molecule has 0 unspecified atom stereocenters. The van der Waals surface area contributed by atoms with Crippen LogP contribution in [0, 0.1) is 0 Å². The Bertz CT molecular complexity index is 738. The fourth-order valence-electron chi connectivity index (χ4n) is 2.94. The van der Waals surface area contributed by atoms with Gasteiger partial charge in [-0.05, 0) is 17.7 Å². The summed E-state index contributed by atoms with van der Waals surface area (Å²) in [4.78, 5) is 16.6. The Morgan fingerprint density at radius 1 is 1.08 bits per heavy atom. The van der Waals surface area contributed by atoms with Crippen molar-refractivity contribution in [2.24, 2.45) is 0 Å². The zero-order chi connectivity index (χ0) is 18.2. The van der Waals surface area contributed by atoms with E-state index in [0.717, 1.165) is 44.2 Å². The SMILES string of the molecule is COc1cccc(NC(=O)N2CCN(C/C=C/c3ccccc3)CC2)c1. The van der Waals surface area contributed by atoms with E-state index >= 15 is 0 Å². The Kier molecular flexibility index (Phi) is 6.28. The second kappa shape index (κ2) is 9.06. The summed E-state index contributed by atoms with van der Waals surface area (Å²) < 4.78 is 5.19. The molecule has 2 aromatic carbocycles. The zero-order valence-electron chi connectivity index (χ0n) is 15.1. The number of amides is 2. The fourth-order valence-corrected chi connectivity index (χ4v) is 2.94. The van der Waals surface area contributed by atoms with E-state index in [-0.39, 0.29) is 6.03 Å². The van der Waals surface area contributed by atoms with Gasteiger partial charge in [-0.1, -0.05) is 48.6 Å². The first-order chi connectivity index (χ1) is 12.7. The Morgan fingerprint density at radius 3 is 2.58 bits per heavy atom. The summed E-state index contributed by atoms with van der Waals surface area (Å²) in [6.07, 6.45) is 4.32. The number of urea groups is 1. The van der Waals surface area contributed by atoms with Crippen LogP contribution in [0.2, 0.25) is 0 Å². The van der Waals surface area contributed by atoms with Crippen molar-refractivity contribution >= 4 is 17.8 Å². The number of piperazine rings is 1. The topological polar surface area (TPSA) is 44.8 Å². The van der Waals surface area contributed by atoms with E-state index in [2.05, 4.69) is 34.5 Å². The van der Waals surface area contributed by atoms with E-state index in [0.29, 0.717) is 0 Å². The normalized spacial score (nSPS) is 15.2. The first-order valence-corrected chi connectivity index (χ1v) is 8.88. The van der Waals surface area contributed by atoms with Crippen LogP contribution >= 0.6 is 0 Å². The minimum Gasteiger partial charge on any atom is -0.497 e. The molecule has 5 heteroatoms. The lowest BCUT2D eigenvalue weighted by atomic mass is 10.2. The van der Waals surface area contributed by atoms with E-state index in [1.54, 1.807) is 7.11 Å². The number of nitrogens with one attached hydrogen (secondary N) is 1. The quantitative estimate of drug-likeness (QED) is 0.896. The van der Waals surface area contributed by atoms with Gasteiger partial charge >= 0.3 is 6.03 Å². The molecule has 3 rings (SSSR count). The average molecular weight is 351 g/mol. The molecule has 1 N–H and O–H groups in total. The molecule has 0 spiro atoms. The second-order valence-corrected chi connectivity index (χ2v) is 6.26. The average Bonchev–Trinajstić information content (AvgIpc) is 2.69. The van der Waals surface area contributed by atoms with Gasteiger partial charge in [-0.3, -0.25) is 4.90 Å². The molecule has 2 amide bonds. The summed E-state index contributed by atoms with van der Waals surface area (Å²) in [5.74, 6) is 0.734. The molecule has 0 saturated carbocycles. The summed E-state index contributed by atoms with van der Waals surface area (Å²) in [6, 6.07) is 17.6. The lowest BCUT2D eigenvalue weighted by Crippen LogP contribution is -2.49. The van der Waals surface area contributed by atoms with Crippen molar-refractivity contribution in [3.8, 4) is 5.75 Å². The van der Waals surface area contributed by atoms with Gasteiger partial charge in [0.1, 0.15) is 5.75 Å². The number of hydrogen-bond donors (Lipinski definition) is 1. The van der Waals surface area contributed by atoms with Gasteiger partial charge in [-0.2, -0.15) is 0 Å². The lowest BCUT2D eigenvalue weighted by Gasteiger charge is -2.34. The molecular formula is C21H25N3O2. The van der Waals surface area contributed by atoms with Crippen LogP contribution in [0.1, 0.15) is 5.56 Å². The first-order valence-electron chi connectivity index (χ1n) is 8.88. The minimum absolute atomic E-state index is 0.0577. The standard InChI is InChI=1S/C21H25N3O2/c1-26-20-11-5-10-19(17-20)22-21(25)24-15-13-23(14-16-24)12-6-9-18-7-3-2-4-8-18/h2-11,17H,12-16H2,1H3,(H,22,25)/b9-6+. The van der Waals surface area contributed by atoms with Crippen LogP contribution in [0.15, 0.2) is 60.7 Å². The molecule has 0 radical (unpaired) electrons. The van der Waals surface area contributed by atoms with Gasteiger partial charge < -0.3 is 15.0 Å². The summed E-state index contributed by atoms with van der Waals surface area (Å²) in [5.41, 5.74) is 1.96. The van der Waals surface area contributed by atoms with Gasteiger partial charge in [0.15, 0.2) is 0 Å². The molecule has 1 saturated heterocycles. The largest absolute Gasteiger partial charge is 0.497 e. The molecule has 1 aliphatic rings. The van der Waals surface area contributed by atoms with Gasteiger partial charge in [-0.15, -0.1) is 0 Å². The summed E-state index contributed by atoms with van der Waals surface area (Å²) in [5, 5.41) is 2.94. The van der Waals surface area contributed by atoms with Gasteiger partial charge in [-0.25, -0.2) is 4.79 Å². The predicted octanol–water partition coefficient (Wildman–Crippen LogP) is 3.56. The number of carbonyl (C=O) groups is 1. The van der Waals surface area contributed by atoms with Crippen molar-refractivity contribution < 1.29 is 9.53 Å². The summed E-state index contributed by atoms with van der Waals surface area (Å²) in [7, 11) is 1.62. The molecule has 0 bridgehead atoms. The molecule has 1 fully saturated rings. The van der Waals surface area contributed by atoms with Crippen LogP contribution in [0.3, 0.4) is 0 Å². The van der Waals surface area contributed by atoms with Crippen molar-refractivity contribution in [2.45, 2.75) is 0 Å². The highest BCUT2D eigenvalue weighted by Gasteiger charge is 2.20. The summed E-state index contributed by atoms with van der Waals surface area (Å²) >= 11 is 0. The van der Waals surface area contributed by atoms with E-state index in [1.807, 2.05) is 47.4 Å². The van der Waals surface area contributed by atoms with Crippen LogP contribution < -0.4 is 10.1 Å². The third-order valence-corrected chi connectivity index (χ3v) is 4.45. The molecule has 136 valence electrons. The first kappa shape index (κ1) is 18.0. The highest BCUT2D eigenvalue weighted by molar-refractivity contribution is 5.89. The molecule has 1 aliphatic heterocycles. The number of methoxy groups -OCH3 is 1. The summed E-state index contributed by atoms with van der Waals surface area (Å²) in [6.45, 7) is 4.12. The van der Waals surface area contributed by atoms with Crippen molar-refractivity contribution in [1.29, 1.82) is 0 Å². The number of carbonyl (C=O) groups excluding carboxylic acids is 1. The number of ether oxygens (including phenoxy) is 1. The van der Waals surface area contributed by atoms with Crippen LogP contribution in [0.25, 0.3) is 6.08 Å². The van der Waals surface area contributed by atoms with Crippen LogP contribution in [-0.4, -0.2) is 55.7 Å². The monoisotopic (exact) mass is 351 g/mol. The van der Waals surface area contributed by atoms with Crippen LogP contribution in [-0.2, 0) is 0 Å². The molecule has 0 aromatic heterocycles. The molecular weight excluding hydrogens is 326 g/mol. The smallest absolute Gasteiger partial charge is 0.321 e. The predicted molar refractivity (Wildman–Crippen MR) is 106 cm³/mol. The highest BCUT2D eigenvalue weighted by Crippen LogP contribution is 2.17. The molecule has 1 heterocycles. The van der Waals surface area contributed by atoms with Crippen molar-refractivity contribution in [2.75, 3.05) is 45.2 Å². The zero-order valence-corrected chi connectivity index (χ0v) is 15.1. The van der Waals surface area contributed by atoms with Gasteiger partial charge in [0.2, 0.25) is 0 Å². The van der Waals surface area contributed by atoms with Crippen LogP contribution in [0.5, 0.6) is 5.75 Å². The van der Waals surface area contributed by atoms with Crippen molar-refractivity contribution in [1.82, 2.24) is 9.80 Å². The Labute approximate surface area is 154 Å². The lowest BCUT2D eigenvalue weighted by molar-refractivity contribution is 0.156. The maximum Gasteiger partial charge on any atom is 0.321 e. The Hall–Kier alpha value is -2.79. The fraction of sp³-hybridized carbons (Fsp3) is 0.286. The van der Waals surface area contributed by atoms with Gasteiger partial charge in [0.25, 0.3) is 0 Å². The highest BCUT2D eigenvalue weighted by atomic mass is 16.5. The Morgan fingerprint density at radius 2 is 1.85 bits per heavy atom. The third kappa shape index (κ3) is 5.10. The van der Waals surface area contributed by atoms with E-state index in [4.69, 9.17) is 4.74 Å². The number of rotatable bonds is 5. The minimum atomic E-state index is -0.0577. The van der Waals surface area contributed by atoms with Crippen LogP contribution in [0.4, 0.5) is 10.5 Å². The molecule has 26 heavy (non-hydrogen) atoms. The maximum atomic E-state index is 12.4. The van der Waals surface area contributed by atoms with Crippen molar-refractivity contribution in [3.05, 3.63) is 66.2 Å². The molecule has 5 nitrogen and oxygen atoms in total. The van der Waals surface area contributed by atoms with Gasteiger partial charge in [0, 0.05) is 44.5 Å². The second-order valence-electron chi connectivity index (χ2n) is 6.26. The maximum absolute atomic E-state index is 12.4. The molecule has 0 atom stereocenters. The van der Waals surface area contributed by atoms with Crippen molar-refractivity contribution in [3.63, 3.8) is 0 Å². The third-order valence-electron chi connectivity index (χ3n) is 4.45. The van der Waals surface area contributed by atoms with E-state index < -0.39 is 0 Å². The Balaban J connectivity index is 1.44. The molecule has 2 aromatic rings.